The summed E-state index contributed by atoms with van der Waals surface area (Å²) in [5.74, 6) is 1.20. The number of hydrogen-bond acceptors (Lipinski definition) is 4. The highest BCUT2D eigenvalue weighted by atomic mass is 32.2. The lowest BCUT2D eigenvalue weighted by atomic mass is 10.2. The van der Waals surface area contributed by atoms with Crippen LogP contribution < -0.4 is 5.32 Å². The molecule has 4 nitrogen and oxygen atoms in total. The maximum atomic E-state index is 8.94. The zero-order valence-corrected chi connectivity index (χ0v) is 11.8. The first-order valence-corrected chi connectivity index (χ1v) is 7.43. The Balaban J connectivity index is 2.47. The molecule has 0 atom stereocenters. The molecule has 0 unspecified atom stereocenters. The number of aliphatic hydroxyl groups excluding tert-OH is 1. The molecule has 0 aliphatic rings. The quantitative estimate of drug-likeness (QED) is 0.690. The maximum Gasteiger partial charge on any atom is 0.0644 e. The Hall–Kier alpha value is -0.520. The van der Waals surface area contributed by atoms with Crippen LogP contribution in [0.15, 0.2) is 0 Å². The van der Waals surface area contributed by atoms with Crippen molar-refractivity contribution < 1.29 is 5.11 Å². The van der Waals surface area contributed by atoms with E-state index in [0.29, 0.717) is 6.54 Å². The topological polar surface area (TPSA) is 50.1 Å². The summed E-state index contributed by atoms with van der Waals surface area (Å²) >= 11 is 1.88. The highest BCUT2D eigenvalue weighted by Gasteiger charge is 2.10. The Bertz CT molecular complexity index is 339. The number of rotatable bonds is 8. The Kier molecular flexibility index (Phi) is 6.62. The van der Waals surface area contributed by atoms with E-state index in [1.54, 1.807) is 0 Å². The van der Waals surface area contributed by atoms with Crippen LogP contribution in [0, 0.1) is 13.8 Å². The number of aryl methyl sites for hydroxylation is 1. The summed E-state index contributed by atoms with van der Waals surface area (Å²) in [5.41, 5.74) is 3.49. The smallest absolute Gasteiger partial charge is 0.0644 e. The molecule has 1 aromatic rings. The summed E-state index contributed by atoms with van der Waals surface area (Å²) in [4.78, 5) is 0. The summed E-state index contributed by atoms with van der Waals surface area (Å²) in [7, 11) is 0. The molecule has 0 fully saturated rings. The van der Waals surface area contributed by atoms with Gasteiger partial charge in [-0.15, -0.1) is 0 Å². The van der Waals surface area contributed by atoms with Crippen LogP contribution in [-0.4, -0.2) is 40.0 Å². The van der Waals surface area contributed by atoms with Crippen LogP contribution in [0.4, 0.5) is 0 Å². The Morgan fingerprint density at radius 3 is 2.82 bits per heavy atom. The highest BCUT2D eigenvalue weighted by molar-refractivity contribution is 7.98. The normalized spacial score (nSPS) is 11.1. The minimum Gasteiger partial charge on any atom is -0.394 e. The van der Waals surface area contributed by atoms with Crippen LogP contribution in [0.3, 0.4) is 0 Å². The van der Waals surface area contributed by atoms with Gasteiger partial charge in [0.2, 0.25) is 0 Å². The predicted octanol–water partition coefficient (Wildman–Crippen LogP) is 1.33. The van der Waals surface area contributed by atoms with E-state index in [1.807, 2.05) is 23.4 Å². The van der Waals surface area contributed by atoms with Crippen molar-refractivity contribution in [3.8, 4) is 0 Å². The summed E-state index contributed by atoms with van der Waals surface area (Å²) in [5, 5.41) is 16.8. The third-order valence-corrected chi connectivity index (χ3v) is 3.54. The van der Waals surface area contributed by atoms with Crippen molar-refractivity contribution in [2.24, 2.45) is 0 Å². The number of nitrogens with zero attached hydrogens (tertiary/aromatic N) is 2. The van der Waals surface area contributed by atoms with Crippen molar-refractivity contribution in [2.75, 3.05) is 25.2 Å². The fourth-order valence-electron chi connectivity index (χ4n) is 1.86. The lowest BCUT2D eigenvalue weighted by Crippen LogP contribution is -2.16. The van der Waals surface area contributed by atoms with Crippen LogP contribution in [0.1, 0.15) is 23.4 Å². The zero-order valence-electron chi connectivity index (χ0n) is 11.0. The van der Waals surface area contributed by atoms with Gasteiger partial charge in [0.05, 0.1) is 18.8 Å². The maximum absolute atomic E-state index is 8.94. The minimum atomic E-state index is 0.141. The van der Waals surface area contributed by atoms with Gasteiger partial charge >= 0.3 is 0 Å². The van der Waals surface area contributed by atoms with Gasteiger partial charge < -0.3 is 10.4 Å². The zero-order chi connectivity index (χ0) is 12.7. The second-order valence-electron chi connectivity index (χ2n) is 4.12. The van der Waals surface area contributed by atoms with Crippen LogP contribution in [0.2, 0.25) is 0 Å². The van der Waals surface area contributed by atoms with Crippen LogP contribution in [-0.2, 0) is 13.1 Å². The fourth-order valence-corrected chi connectivity index (χ4v) is 2.29. The van der Waals surface area contributed by atoms with Gasteiger partial charge in [0.15, 0.2) is 0 Å². The van der Waals surface area contributed by atoms with E-state index in [4.69, 9.17) is 5.11 Å². The van der Waals surface area contributed by atoms with E-state index in [9.17, 15) is 0 Å². The van der Waals surface area contributed by atoms with Gasteiger partial charge in [-0.05, 0) is 38.8 Å². The molecule has 1 rings (SSSR count). The Morgan fingerprint density at radius 2 is 2.18 bits per heavy atom. The van der Waals surface area contributed by atoms with Crippen molar-refractivity contribution in [2.45, 2.75) is 33.4 Å². The predicted molar refractivity (Wildman–Crippen MR) is 73.5 cm³/mol. The molecule has 0 radical (unpaired) electrons. The molecule has 5 heteroatoms. The monoisotopic (exact) mass is 257 g/mol. The molecule has 98 valence electrons. The van der Waals surface area contributed by atoms with Gasteiger partial charge in [-0.1, -0.05) is 0 Å². The molecule has 1 aromatic heterocycles. The summed E-state index contributed by atoms with van der Waals surface area (Å²) in [6, 6.07) is 0. The second-order valence-corrected chi connectivity index (χ2v) is 5.10. The van der Waals surface area contributed by atoms with Crippen molar-refractivity contribution in [3.05, 3.63) is 17.0 Å². The van der Waals surface area contributed by atoms with E-state index in [1.165, 1.54) is 17.7 Å². The second kappa shape index (κ2) is 7.74. The lowest BCUT2D eigenvalue weighted by Gasteiger charge is -2.05. The van der Waals surface area contributed by atoms with Gasteiger partial charge in [-0.2, -0.15) is 16.9 Å². The van der Waals surface area contributed by atoms with E-state index >= 15 is 0 Å². The largest absolute Gasteiger partial charge is 0.394 e. The average molecular weight is 257 g/mol. The first kappa shape index (κ1) is 14.5. The van der Waals surface area contributed by atoms with Gasteiger partial charge in [-0.3, -0.25) is 4.68 Å². The summed E-state index contributed by atoms with van der Waals surface area (Å²) < 4.78 is 1.88. The number of aromatic nitrogens is 2. The Morgan fingerprint density at radius 1 is 1.41 bits per heavy atom. The molecule has 0 bridgehead atoms. The molecule has 0 aliphatic heterocycles. The lowest BCUT2D eigenvalue weighted by molar-refractivity contribution is 0.267. The van der Waals surface area contributed by atoms with Crippen LogP contribution >= 0.6 is 11.8 Å². The average Bonchev–Trinajstić information content (AvgIpc) is 2.56. The molecular weight excluding hydrogens is 234 g/mol. The third kappa shape index (κ3) is 4.33. The van der Waals surface area contributed by atoms with E-state index in [2.05, 4.69) is 23.6 Å². The van der Waals surface area contributed by atoms with Crippen LogP contribution in [0.25, 0.3) is 0 Å². The van der Waals surface area contributed by atoms with Gasteiger partial charge in [-0.25, -0.2) is 0 Å². The van der Waals surface area contributed by atoms with Gasteiger partial charge in [0, 0.05) is 17.8 Å². The van der Waals surface area contributed by atoms with E-state index in [-0.39, 0.29) is 6.61 Å². The molecule has 1 heterocycles. The third-order valence-electron chi connectivity index (χ3n) is 2.85. The van der Waals surface area contributed by atoms with Crippen molar-refractivity contribution in [1.29, 1.82) is 0 Å². The number of hydrogen-bond donors (Lipinski definition) is 2. The minimum absolute atomic E-state index is 0.141. The molecule has 0 aliphatic carbocycles. The Labute approximate surface area is 108 Å². The van der Waals surface area contributed by atoms with Crippen molar-refractivity contribution >= 4 is 11.8 Å². The molecule has 2 N–H and O–H groups in total. The first-order valence-electron chi connectivity index (χ1n) is 6.04. The molecule has 0 amide bonds. The number of nitrogens with one attached hydrogen (secondary N) is 1. The summed E-state index contributed by atoms with van der Waals surface area (Å²) in [6.45, 7) is 6.73. The molecular formula is C12H23N3OS. The molecule has 0 saturated carbocycles. The van der Waals surface area contributed by atoms with Crippen LogP contribution in [0.5, 0.6) is 0 Å². The molecule has 17 heavy (non-hydrogen) atoms. The number of thioether (sulfide) groups is 1. The van der Waals surface area contributed by atoms with Gasteiger partial charge in [0.1, 0.15) is 0 Å². The van der Waals surface area contributed by atoms with E-state index < -0.39 is 0 Å². The first-order chi connectivity index (χ1) is 8.20. The fraction of sp³-hybridized carbons (Fsp3) is 0.750. The molecule has 0 saturated heterocycles. The van der Waals surface area contributed by atoms with Gasteiger partial charge in [0.25, 0.3) is 0 Å². The van der Waals surface area contributed by atoms with Crippen molar-refractivity contribution in [3.63, 3.8) is 0 Å². The molecule has 0 aromatic carbocycles. The standard InChI is InChI=1S/C12H23N3OS/c1-10-12(9-13-5-4-8-17-3)11(2)15(14-10)6-7-16/h13,16H,4-9H2,1-3H3. The number of aliphatic hydroxyl groups is 1. The van der Waals surface area contributed by atoms with Crippen molar-refractivity contribution in [1.82, 2.24) is 15.1 Å². The molecule has 0 spiro atoms. The van der Waals surface area contributed by atoms with E-state index in [0.717, 1.165) is 24.5 Å². The highest BCUT2D eigenvalue weighted by Crippen LogP contribution is 2.12. The SMILES string of the molecule is CSCCCNCc1c(C)nn(CCO)c1C. The summed E-state index contributed by atoms with van der Waals surface area (Å²) in [6.07, 6.45) is 3.33.